The zero-order valence-electron chi connectivity index (χ0n) is 8.02. The average molecular weight is 218 g/mol. The van der Waals surface area contributed by atoms with Crippen molar-refractivity contribution in [2.75, 3.05) is 24.7 Å². The molecule has 0 saturated carbocycles. The molecule has 0 aromatic heterocycles. The third kappa shape index (κ3) is 3.55. The van der Waals surface area contributed by atoms with Gasteiger partial charge in [-0.1, -0.05) is 0 Å². The Kier molecular flexibility index (Phi) is 4.21. The van der Waals surface area contributed by atoms with Crippen LogP contribution < -0.4 is 5.32 Å². The molecule has 2 amide bonds. The van der Waals surface area contributed by atoms with Gasteiger partial charge in [0.15, 0.2) is 0 Å². The zero-order chi connectivity index (χ0) is 10.6. The fourth-order valence-corrected chi connectivity index (χ4v) is 1.94. The van der Waals surface area contributed by atoms with E-state index < -0.39 is 6.10 Å². The van der Waals surface area contributed by atoms with Gasteiger partial charge in [-0.3, -0.25) is 9.59 Å². The highest BCUT2D eigenvalue weighted by atomic mass is 32.2. The van der Waals surface area contributed by atoms with Crippen molar-refractivity contribution in [2.24, 2.45) is 0 Å². The number of carbonyl (C=O) groups excluding carboxylic acids is 2. The Morgan fingerprint density at radius 2 is 2.50 bits per heavy atom. The summed E-state index contributed by atoms with van der Waals surface area (Å²) in [5.41, 5.74) is 0. The van der Waals surface area contributed by atoms with Crippen LogP contribution in [0.4, 0.5) is 0 Å². The van der Waals surface area contributed by atoms with Crippen molar-refractivity contribution in [1.29, 1.82) is 0 Å². The minimum atomic E-state index is -0.553. The first-order valence-electron chi connectivity index (χ1n) is 4.40. The third-order valence-electron chi connectivity index (χ3n) is 1.75. The molecule has 5 nitrogen and oxygen atoms in total. The second-order valence-electron chi connectivity index (χ2n) is 3.22. The SMILES string of the molecule is CC(O)CNC(=O)CN1CSCC1=O. The smallest absolute Gasteiger partial charge is 0.239 e. The van der Waals surface area contributed by atoms with Crippen molar-refractivity contribution in [3.05, 3.63) is 0 Å². The van der Waals surface area contributed by atoms with Crippen molar-refractivity contribution in [3.63, 3.8) is 0 Å². The van der Waals surface area contributed by atoms with Gasteiger partial charge in [0, 0.05) is 6.54 Å². The van der Waals surface area contributed by atoms with Gasteiger partial charge < -0.3 is 15.3 Å². The lowest BCUT2D eigenvalue weighted by Crippen LogP contribution is -2.40. The molecule has 2 N–H and O–H groups in total. The summed E-state index contributed by atoms with van der Waals surface area (Å²) >= 11 is 1.50. The minimum absolute atomic E-state index is 0.00203. The van der Waals surface area contributed by atoms with E-state index in [9.17, 15) is 9.59 Å². The number of thioether (sulfide) groups is 1. The van der Waals surface area contributed by atoms with E-state index in [-0.39, 0.29) is 24.9 Å². The molecule has 6 heteroatoms. The van der Waals surface area contributed by atoms with Crippen LogP contribution in [0.1, 0.15) is 6.92 Å². The molecular formula is C8H14N2O3S. The molecule has 0 aromatic carbocycles. The number of carbonyl (C=O) groups is 2. The first-order chi connectivity index (χ1) is 6.59. The van der Waals surface area contributed by atoms with Crippen molar-refractivity contribution < 1.29 is 14.7 Å². The molecule has 0 spiro atoms. The summed E-state index contributed by atoms with van der Waals surface area (Å²) in [4.78, 5) is 23.8. The molecule has 80 valence electrons. The number of hydrogen-bond donors (Lipinski definition) is 2. The number of nitrogens with zero attached hydrogens (tertiary/aromatic N) is 1. The topological polar surface area (TPSA) is 69.6 Å². The molecule has 1 heterocycles. The number of aliphatic hydroxyl groups excluding tert-OH is 1. The molecule has 14 heavy (non-hydrogen) atoms. The summed E-state index contributed by atoms with van der Waals surface area (Å²) in [7, 11) is 0. The van der Waals surface area contributed by atoms with E-state index in [4.69, 9.17) is 5.11 Å². The zero-order valence-corrected chi connectivity index (χ0v) is 8.84. The Labute approximate surface area is 86.8 Å². The van der Waals surface area contributed by atoms with Gasteiger partial charge >= 0.3 is 0 Å². The van der Waals surface area contributed by atoms with Crippen LogP contribution in [0.2, 0.25) is 0 Å². The normalized spacial score (nSPS) is 18.4. The van der Waals surface area contributed by atoms with Gasteiger partial charge in [-0.15, -0.1) is 11.8 Å². The molecule has 0 aliphatic carbocycles. The van der Waals surface area contributed by atoms with Crippen molar-refractivity contribution in [3.8, 4) is 0 Å². The largest absolute Gasteiger partial charge is 0.392 e. The van der Waals surface area contributed by atoms with Crippen LogP contribution in [-0.2, 0) is 9.59 Å². The Balaban J connectivity index is 2.23. The van der Waals surface area contributed by atoms with Crippen molar-refractivity contribution in [1.82, 2.24) is 10.2 Å². The predicted octanol–water partition coefficient (Wildman–Crippen LogP) is -0.984. The Morgan fingerprint density at radius 3 is 3.00 bits per heavy atom. The van der Waals surface area contributed by atoms with Gasteiger partial charge in [0.2, 0.25) is 11.8 Å². The minimum Gasteiger partial charge on any atom is -0.392 e. The second-order valence-corrected chi connectivity index (χ2v) is 4.18. The van der Waals surface area contributed by atoms with Crippen LogP contribution in [0.25, 0.3) is 0 Å². The van der Waals surface area contributed by atoms with Crippen LogP contribution in [0.3, 0.4) is 0 Å². The van der Waals surface area contributed by atoms with Gasteiger partial charge in [-0.25, -0.2) is 0 Å². The van der Waals surface area contributed by atoms with Crippen LogP contribution >= 0.6 is 11.8 Å². The van der Waals surface area contributed by atoms with Gasteiger partial charge in [0.1, 0.15) is 6.54 Å². The van der Waals surface area contributed by atoms with E-state index in [0.29, 0.717) is 11.6 Å². The number of nitrogens with one attached hydrogen (secondary N) is 1. The molecule has 1 atom stereocenters. The van der Waals surface area contributed by atoms with Gasteiger partial charge in [-0.2, -0.15) is 0 Å². The highest BCUT2D eigenvalue weighted by molar-refractivity contribution is 8.00. The molecule has 1 aliphatic rings. The number of hydrogen-bond acceptors (Lipinski definition) is 4. The monoisotopic (exact) mass is 218 g/mol. The lowest BCUT2D eigenvalue weighted by atomic mass is 10.4. The summed E-state index contributed by atoms with van der Waals surface area (Å²) in [6.07, 6.45) is -0.553. The van der Waals surface area contributed by atoms with Gasteiger partial charge in [0.05, 0.1) is 17.7 Å². The van der Waals surface area contributed by atoms with Crippen LogP contribution in [0, 0.1) is 0 Å². The standard InChI is InChI=1S/C8H14N2O3S/c1-6(11)2-9-7(12)3-10-5-14-4-8(10)13/h6,11H,2-5H2,1H3,(H,9,12). The van der Waals surface area contributed by atoms with Crippen LogP contribution in [0.15, 0.2) is 0 Å². The number of rotatable bonds is 4. The number of aliphatic hydroxyl groups is 1. The van der Waals surface area contributed by atoms with E-state index in [1.165, 1.54) is 16.7 Å². The highest BCUT2D eigenvalue weighted by Gasteiger charge is 2.22. The maximum Gasteiger partial charge on any atom is 0.239 e. The third-order valence-corrected chi connectivity index (χ3v) is 2.70. The van der Waals surface area contributed by atoms with Gasteiger partial charge in [0.25, 0.3) is 0 Å². The van der Waals surface area contributed by atoms with Gasteiger partial charge in [-0.05, 0) is 6.92 Å². The van der Waals surface area contributed by atoms with E-state index >= 15 is 0 Å². The summed E-state index contributed by atoms with van der Waals surface area (Å²) in [6.45, 7) is 1.92. The molecule has 0 radical (unpaired) electrons. The van der Waals surface area contributed by atoms with Crippen LogP contribution in [0.5, 0.6) is 0 Å². The lowest BCUT2D eigenvalue weighted by Gasteiger charge is -2.14. The Bertz CT molecular complexity index is 233. The number of amides is 2. The highest BCUT2D eigenvalue weighted by Crippen LogP contribution is 2.13. The molecule has 0 bridgehead atoms. The molecule has 1 fully saturated rings. The Morgan fingerprint density at radius 1 is 1.79 bits per heavy atom. The summed E-state index contributed by atoms with van der Waals surface area (Å²) in [5.74, 6) is 0.828. The maximum atomic E-state index is 11.2. The quantitative estimate of drug-likeness (QED) is 0.636. The van der Waals surface area contributed by atoms with E-state index in [1.54, 1.807) is 6.92 Å². The van der Waals surface area contributed by atoms with Crippen LogP contribution in [-0.4, -0.2) is 52.6 Å². The Hall–Kier alpha value is -0.750. The fraction of sp³-hybridized carbons (Fsp3) is 0.750. The summed E-state index contributed by atoms with van der Waals surface area (Å²) in [5, 5.41) is 11.5. The molecule has 1 saturated heterocycles. The molecule has 1 unspecified atom stereocenters. The lowest BCUT2D eigenvalue weighted by molar-refractivity contribution is -0.132. The first-order valence-corrected chi connectivity index (χ1v) is 5.55. The summed E-state index contributed by atoms with van der Waals surface area (Å²) < 4.78 is 0. The first kappa shape index (κ1) is 11.3. The molecule has 1 aliphatic heterocycles. The van der Waals surface area contributed by atoms with E-state index in [2.05, 4.69) is 5.32 Å². The summed E-state index contributed by atoms with van der Waals surface area (Å²) in [6, 6.07) is 0. The molecule has 1 rings (SSSR count). The second kappa shape index (κ2) is 5.21. The fourth-order valence-electron chi connectivity index (χ4n) is 1.03. The average Bonchev–Trinajstić information content (AvgIpc) is 2.49. The predicted molar refractivity (Wildman–Crippen MR) is 53.7 cm³/mol. The van der Waals surface area contributed by atoms with Crippen molar-refractivity contribution in [2.45, 2.75) is 13.0 Å². The van der Waals surface area contributed by atoms with E-state index in [0.717, 1.165) is 0 Å². The van der Waals surface area contributed by atoms with E-state index in [1.807, 2.05) is 0 Å². The molecule has 0 aromatic rings. The van der Waals surface area contributed by atoms with Crippen molar-refractivity contribution >= 4 is 23.6 Å². The molecular weight excluding hydrogens is 204 g/mol. The maximum absolute atomic E-state index is 11.2.